The molecule has 2 aromatic rings. The van der Waals surface area contributed by atoms with Crippen LogP contribution in [0.3, 0.4) is 0 Å². The molecule has 0 aliphatic carbocycles. The number of amides is 1. The number of carbonyl (C=O) groups is 1. The average Bonchev–Trinajstić information content (AvgIpc) is 3.18. The molecule has 2 rings (SSSR count). The molecule has 0 radical (unpaired) electrons. The first kappa shape index (κ1) is 48.1. The largest absolute Gasteiger partial charge is 0.491 e. The van der Waals surface area contributed by atoms with Crippen LogP contribution in [-0.2, 0) is 52.2 Å². The molecule has 0 aromatic heterocycles. The number of rotatable bonds is 38. The Bertz CT molecular complexity index is 1320. The molecule has 2 N–H and O–H groups in total. The van der Waals surface area contributed by atoms with E-state index in [1.165, 1.54) is 19.1 Å². The van der Waals surface area contributed by atoms with Crippen LogP contribution in [0.4, 0.5) is 22.7 Å². The standard InChI is InChI=1S/C36H56N4O16/c1-31(41)38-32-2-5-34(6-3-32)56-29-28-55-27-26-54-25-24-53-23-22-52-21-20-51-19-18-50-17-16-49-15-14-48-13-12-47-11-10-46-9-8-37-35-7-4-33(39(42)43)30-36(35)40(44)45/h2-7,30,37H,8-29H2,1H3,(H,38,41). The Morgan fingerprint density at radius 1 is 0.518 bits per heavy atom. The highest BCUT2D eigenvalue weighted by molar-refractivity contribution is 5.88. The summed E-state index contributed by atoms with van der Waals surface area (Å²) in [5.74, 6) is 0.585. The Balaban J connectivity index is 1.20. The van der Waals surface area contributed by atoms with Crippen molar-refractivity contribution in [2.45, 2.75) is 6.92 Å². The minimum atomic E-state index is -0.683. The number of nitrogens with zero attached hydrogens (tertiary/aromatic N) is 2. The second kappa shape index (κ2) is 33.1. The molecule has 316 valence electrons. The zero-order valence-corrected chi connectivity index (χ0v) is 32.0. The fraction of sp³-hybridized carbons (Fsp3) is 0.639. The van der Waals surface area contributed by atoms with Crippen molar-refractivity contribution in [2.75, 3.05) is 156 Å². The average molecular weight is 801 g/mol. The van der Waals surface area contributed by atoms with Crippen LogP contribution in [0.25, 0.3) is 0 Å². The van der Waals surface area contributed by atoms with Gasteiger partial charge in [-0.1, -0.05) is 0 Å². The van der Waals surface area contributed by atoms with E-state index < -0.39 is 9.85 Å². The van der Waals surface area contributed by atoms with Gasteiger partial charge in [-0.25, -0.2) is 0 Å². The number of carbonyl (C=O) groups excluding carboxylic acids is 1. The molecule has 56 heavy (non-hydrogen) atoms. The molecule has 0 saturated heterocycles. The van der Waals surface area contributed by atoms with Gasteiger partial charge in [-0.05, 0) is 30.3 Å². The molecule has 0 atom stereocenters. The van der Waals surface area contributed by atoms with E-state index in [4.69, 9.17) is 52.1 Å². The van der Waals surface area contributed by atoms with Crippen LogP contribution in [0.2, 0.25) is 0 Å². The molecule has 0 fully saturated rings. The van der Waals surface area contributed by atoms with E-state index in [9.17, 15) is 25.0 Å². The number of hydrogen-bond acceptors (Lipinski definition) is 17. The molecule has 0 saturated carbocycles. The summed E-state index contributed by atoms with van der Waals surface area (Å²) >= 11 is 0. The fourth-order valence-corrected chi connectivity index (χ4v) is 4.33. The van der Waals surface area contributed by atoms with Gasteiger partial charge in [0, 0.05) is 25.2 Å². The number of ether oxygens (including phenoxy) is 11. The summed E-state index contributed by atoms with van der Waals surface area (Å²) in [7, 11) is 0. The number of nitro benzene ring substituents is 2. The third kappa shape index (κ3) is 25.9. The van der Waals surface area contributed by atoms with E-state index in [2.05, 4.69) is 10.6 Å². The topological polar surface area (TPSA) is 229 Å². The summed E-state index contributed by atoms with van der Waals surface area (Å²) in [5.41, 5.74) is 0.183. The van der Waals surface area contributed by atoms with E-state index in [1.807, 2.05) is 0 Å². The lowest BCUT2D eigenvalue weighted by molar-refractivity contribution is -0.393. The highest BCUT2D eigenvalue weighted by Gasteiger charge is 2.19. The van der Waals surface area contributed by atoms with E-state index in [0.29, 0.717) is 138 Å². The molecule has 0 heterocycles. The van der Waals surface area contributed by atoms with Crippen molar-refractivity contribution < 1.29 is 66.7 Å². The van der Waals surface area contributed by atoms with Crippen LogP contribution < -0.4 is 15.4 Å². The highest BCUT2D eigenvalue weighted by Crippen LogP contribution is 2.28. The van der Waals surface area contributed by atoms with Gasteiger partial charge in [0.15, 0.2) is 0 Å². The molecule has 0 unspecified atom stereocenters. The second-order valence-electron chi connectivity index (χ2n) is 11.3. The Hall–Kier alpha value is -4.09. The molecule has 2 aromatic carbocycles. The van der Waals surface area contributed by atoms with Crippen LogP contribution in [0, 0.1) is 20.2 Å². The van der Waals surface area contributed by atoms with Gasteiger partial charge in [0.2, 0.25) is 5.91 Å². The van der Waals surface area contributed by atoms with Crippen molar-refractivity contribution in [3.05, 3.63) is 62.7 Å². The lowest BCUT2D eigenvalue weighted by atomic mass is 10.2. The van der Waals surface area contributed by atoms with Crippen LogP contribution >= 0.6 is 0 Å². The maximum absolute atomic E-state index is 11.2. The summed E-state index contributed by atoms with van der Waals surface area (Å²) < 4.78 is 60.2. The van der Waals surface area contributed by atoms with E-state index >= 15 is 0 Å². The van der Waals surface area contributed by atoms with Crippen molar-refractivity contribution in [1.82, 2.24) is 0 Å². The van der Waals surface area contributed by atoms with Gasteiger partial charge in [-0.3, -0.25) is 25.0 Å². The fourth-order valence-electron chi connectivity index (χ4n) is 4.33. The normalized spacial score (nSPS) is 11.1. The van der Waals surface area contributed by atoms with Gasteiger partial charge in [-0.15, -0.1) is 0 Å². The lowest BCUT2D eigenvalue weighted by Gasteiger charge is -2.09. The molecule has 0 bridgehead atoms. The summed E-state index contributed by atoms with van der Waals surface area (Å²) in [5, 5.41) is 27.5. The Morgan fingerprint density at radius 3 is 1.25 bits per heavy atom. The molecule has 1 amide bonds. The number of hydrogen-bond donors (Lipinski definition) is 2. The summed E-state index contributed by atoms with van der Waals surface area (Å²) in [6.07, 6.45) is 0. The van der Waals surface area contributed by atoms with Crippen molar-refractivity contribution in [2.24, 2.45) is 0 Å². The van der Waals surface area contributed by atoms with Crippen molar-refractivity contribution >= 4 is 28.7 Å². The van der Waals surface area contributed by atoms with Gasteiger partial charge >= 0.3 is 0 Å². The van der Waals surface area contributed by atoms with Crippen molar-refractivity contribution in [1.29, 1.82) is 0 Å². The van der Waals surface area contributed by atoms with E-state index in [1.54, 1.807) is 24.3 Å². The third-order valence-corrected chi connectivity index (χ3v) is 6.97. The van der Waals surface area contributed by atoms with Gasteiger partial charge in [0.25, 0.3) is 11.4 Å². The molecular weight excluding hydrogens is 744 g/mol. The van der Waals surface area contributed by atoms with Crippen LogP contribution in [0.5, 0.6) is 5.75 Å². The molecule has 0 aliphatic rings. The number of benzene rings is 2. The number of anilines is 2. The molecule has 0 aliphatic heterocycles. The first-order valence-corrected chi connectivity index (χ1v) is 18.3. The Morgan fingerprint density at radius 2 is 0.893 bits per heavy atom. The van der Waals surface area contributed by atoms with Crippen LogP contribution in [0.15, 0.2) is 42.5 Å². The third-order valence-electron chi connectivity index (χ3n) is 6.97. The maximum atomic E-state index is 11.2. The zero-order chi connectivity index (χ0) is 40.3. The smallest absolute Gasteiger partial charge is 0.299 e. The Labute approximate surface area is 326 Å². The molecule has 20 heteroatoms. The molecular formula is C36H56N4O16. The minimum absolute atomic E-state index is 0.118. The predicted octanol–water partition coefficient (Wildman–Crippen LogP) is 3.12. The van der Waals surface area contributed by atoms with Crippen LogP contribution in [-0.4, -0.2) is 161 Å². The first-order valence-electron chi connectivity index (χ1n) is 18.3. The number of nitro groups is 2. The zero-order valence-electron chi connectivity index (χ0n) is 32.0. The van der Waals surface area contributed by atoms with E-state index in [0.717, 1.165) is 11.8 Å². The summed E-state index contributed by atoms with van der Waals surface area (Å²) in [4.78, 5) is 31.7. The number of nitrogens with one attached hydrogen (secondary N) is 2. The molecule has 0 spiro atoms. The van der Waals surface area contributed by atoms with Crippen LogP contribution in [0.1, 0.15) is 6.92 Å². The Kier molecular flexibility index (Phi) is 28.4. The van der Waals surface area contributed by atoms with Crippen molar-refractivity contribution in [3.63, 3.8) is 0 Å². The maximum Gasteiger partial charge on any atom is 0.299 e. The highest BCUT2D eigenvalue weighted by atomic mass is 16.6. The monoisotopic (exact) mass is 800 g/mol. The summed E-state index contributed by atoms with van der Waals surface area (Å²) in [6, 6.07) is 10.6. The second-order valence-corrected chi connectivity index (χ2v) is 11.3. The van der Waals surface area contributed by atoms with Gasteiger partial charge in [0.1, 0.15) is 18.0 Å². The lowest BCUT2D eigenvalue weighted by Crippen LogP contribution is -2.16. The van der Waals surface area contributed by atoms with Gasteiger partial charge in [0.05, 0.1) is 148 Å². The van der Waals surface area contributed by atoms with Gasteiger partial charge in [-0.2, -0.15) is 0 Å². The van der Waals surface area contributed by atoms with Crippen molar-refractivity contribution in [3.8, 4) is 5.75 Å². The van der Waals surface area contributed by atoms with Gasteiger partial charge < -0.3 is 62.7 Å². The predicted molar refractivity (Wildman–Crippen MR) is 203 cm³/mol. The SMILES string of the molecule is CC(=O)Nc1ccc(OCCOCCOCCOCCOCCOCCOCCOCCOCCOCCOCCNc2ccc([N+](=O)[O-])cc2[N+](=O)[O-])cc1. The number of non-ortho nitro benzene ring substituents is 1. The quantitative estimate of drug-likeness (QED) is 0.0565. The summed E-state index contributed by atoms with van der Waals surface area (Å²) in [6.45, 7) is 10.8. The first-order chi connectivity index (χ1) is 27.4. The minimum Gasteiger partial charge on any atom is -0.491 e. The molecule has 20 nitrogen and oxygen atoms in total. The van der Waals surface area contributed by atoms with E-state index in [-0.39, 0.29) is 36.1 Å².